The first-order chi connectivity index (χ1) is 10.1. The molecule has 0 saturated carbocycles. The molecule has 0 aliphatic heterocycles. The third kappa shape index (κ3) is 4.14. The largest absolute Gasteiger partial charge is 0.359 e. The van der Waals surface area contributed by atoms with E-state index in [1.807, 2.05) is 0 Å². The molecule has 21 heavy (non-hydrogen) atoms. The van der Waals surface area contributed by atoms with Crippen LogP contribution in [0.1, 0.15) is 15.9 Å². The molecule has 0 aliphatic carbocycles. The lowest BCUT2D eigenvalue weighted by molar-refractivity contribution is -0.119. The highest BCUT2D eigenvalue weighted by molar-refractivity contribution is 6.04. The van der Waals surface area contributed by atoms with Crippen molar-refractivity contribution in [1.29, 1.82) is 0 Å². The van der Waals surface area contributed by atoms with Gasteiger partial charge in [-0.1, -0.05) is 12.1 Å². The number of likely N-dealkylation sites (N-methyl/N-ethyl adjacent to an activating group) is 1. The fraction of sp³-hybridized carbons (Fsp3) is 0.125. The van der Waals surface area contributed by atoms with E-state index in [0.29, 0.717) is 17.7 Å². The number of amides is 2. The molecule has 2 rings (SSSR count). The number of anilines is 1. The van der Waals surface area contributed by atoms with Crippen molar-refractivity contribution in [2.24, 2.45) is 0 Å². The lowest BCUT2D eigenvalue weighted by Gasteiger charge is -2.06. The van der Waals surface area contributed by atoms with Crippen molar-refractivity contribution in [3.63, 3.8) is 0 Å². The zero-order valence-electron chi connectivity index (χ0n) is 11.5. The van der Waals surface area contributed by atoms with Gasteiger partial charge in [0.15, 0.2) is 0 Å². The summed E-state index contributed by atoms with van der Waals surface area (Å²) in [5, 5.41) is 5.26. The van der Waals surface area contributed by atoms with Crippen LogP contribution in [0.15, 0.2) is 48.5 Å². The average molecular weight is 286 g/mol. The Bertz CT molecular complexity index is 636. The van der Waals surface area contributed by atoms with Gasteiger partial charge >= 0.3 is 0 Å². The van der Waals surface area contributed by atoms with E-state index >= 15 is 0 Å². The van der Waals surface area contributed by atoms with Crippen molar-refractivity contribution in [2.45, 2.75) is 6.42 Å². The van der Waals surface area contributed by atoms with Crippen LogP contribution in [0.2, 0.25) is 0 Å². The number of halogens is 1. The molecule has 0 aromatic heterocycles. The predicted octanol–water partition coefficient (Wildman–Crippen LogP) is 2.37. The van der Waals surface area contributed by atoms with Crippen LogP contribution in [-0.4, -0.2) is 18.9 Å². The summed E-state index contributed by atoms with van der Waals surface area (Å²) in [7, 11) is 1.58. The van der Waals surface area contributed by atoms with Crippen molar-refractivity contribution in [3.05, 3.63) is 65.5 Å². The number of carbonyl (C=O) groups is 2. The molecule has 0 unspecified atom stereocenters. The van der Waals surface area contributed by atoms with Crippen LogP contribution >= 0.6 is 0 Å². The molecule has 0 saturated heterocycles. The number of hydrogen-bond donors (Lipinski definition) is 2. The van der Waals surface area contributed by atoms with Gasteiger partial charge in [-0.25, -0.2) is 4.39 Å². The molecule has 0 bridgehead atoms. The zero-order valence-corrected chi connectivity index (χ0v) is 11.5. The summed E-state index contributed by atoms with van der Waals surface area (Å²) >= 11 is 0. The monoisotopic (exact) mass is 286 g/mol. The lowest BCUT2D eigenvalue weighted by Crippen LogP contribution is -2.19. The molecule has 0 aliphatic rings. The van der Waals surface area contributed by atoms with E-state index < -0.39 is 0 Å². The maximum atomic E-state index is 12.8. The molecule has 108 valence electrons. The van der Waals surface area contributed by atoms with E-state index in [-0.39, 0.29) is 17.6 Å². The molecule has 0 radical (unpaired) electrons. The Hall–Kier alpha value is -2.69. The van der Waals surface area contributed by atoms with Gasteiger partial charge in [0.1, 0.15) is 5.82 Å². The Morgan fingerprint density at radius 1 is 1.00 bits per heavy atom. The maximum Gasteiger partial charge on any atom is 0.255 e. The topological polar surface area (TPSA) is 58.2 Å². The second-order valence-electron chi connectivity index (χ2n) is 4.51. The minimum absolute atomic E-state index is 0.0712. The van der Waals surface area contributed by atoms with E-state index in [0.717, 1.165) is 5.56 Å². The first-order valence-electron chi connectivity index (χ1n) is 6.45. The molecule has 0 fully saturated rings. The van der Waals surface area contributed by atoms with Gasteiger partial charge in [0.05, 0.1) is 6.42 Å². The molecule has 0 atom stereocenters. The Morgan fingerprint density at radius 3 is 2.19 bits per heavy atom. The SMILES string of the molecule is CNC(=O)Cc1ccc(NC(=O)c2ccc(F)cc2)cc1. The number of nitrogens with one attached hydrogen (secondary N) is 2. The molecule has 5 heteroatoms. The number of hydrogen-bond acceptors (Lipinski definition) is 2. The second kappa shape index (κ2) is 6.65. The zero-order chi connectivity index (χ0) is 15.2. The molecule has 0 heterocycles. The smallest absolute Gasteiger partial charge is 0.255 e. The first-order valence-corrected chi connectivity index (χ1v) is 6.45. The Morgan fingerprint density at radius 2 is 1.62 bits per heavy atom. The van der Waals surface area contributed by atoms with E-state index in [1.54, 1.807) is 31.3 Å². The summed E-state index contributed by atoms with van der Waals surface area (Å²) in [6, 6.07) is 12.3. The first kappa shape index (κ1) is 14.7. The van der Waals surface area contributed by atoms with Crippen LogP contribution in [0.3, 0.4) is 0 Å². The molecular weight excluding hydrogens is 271 g/mol. The molecular formula is C16H15FN2O2. The lowest BCUT2D eigenvalue weighted by atomic mass is 10.1. The number of benzene rings is 2. The van der Waals surface area contributed by atoms with Crippen LogP contribution in [0.4, 0.5) is 10.1 Å². The van der Waals surface area contributed by atoms with E-state index in [1.165, 1.54) is 24.3 Å². The third-order valence-corrected chi connectivity index (χ3v) is 2.96. The summed E-state index contributed by atoms with van der Waals surface area (Å²) in [5.41, 5.74) is 1.85. The Kier molecular flexibility index (Phi) is 4.66. The quantitative estimate of drug-likeness (QED) is 0.906. The van der Waals surface area contributed by atoms with Crippen molar-refractivity contribution in [3.8, 4) is 0 Å². The average Bonchev–Trinajstić information content (AvgIpc) is 2.49. The summed E-state index contributed by atoms with van der Waals surface area (Å²) < 4.78 is 12.8. The van der Waals surface area contributed by atoms with Crippen molar-refractivity contribution in [1.82, 2.24) is 5.32 Å². The second-order valence-corrected chi connectivity index (χ2v) is 4.51. The third-order valence-electron chi connectivity index (χ3n) is 2.96. The van der Waals surface area contributed by atoms with Crippen molar-refractivity contribution >= 4 is 17.5 Å². The molecule has 4 nitrogen and oxygen atoms in total. The fourth-order valence-electron chi connectivity index (χ4n) is 1.78. The van der Waals surface area contributed by atoms with Gasteiger partial charge in [-0.15, -0.1) is 0 Å². The van der Waals surface area contributed by atoms with Crippen LogP contribution in [0.5, 0.6) is 0 Å². The normalized spacial score (nSPS) is 10.0. The van der Waals surface area contributed by atoms with Gasteiger partial charge in [0, 0.05) is 18.3 Å². The Balaban J connectivity index is 2.01. The standard InChI is InChI=1S/C16H15FN2O2/c1-18-15(20)10-11-2-8-14(9-3-11)19-16(21)12-4-6-13(17)7-5-12/h2-9H,10H2,1H3,(H,18,20)(H,19,21). The van der Waals surface area contributed by atoms with Gasteiger partial charge in [-0.05, 0) is 42.0 Å². The molecule has 0 spiro atoms. The predicted molar refractivity (Wildman–Crippen MR) is 78.6 cm³/mol. The summed E-state index contributed by atoms with van der Waals surface area (Å²) in [5.74, 6) is -0.766. The maximum absolute atomic E-state index is 12.8. The minimum Gasteiger partial charge on any atom is -0.359 e. The van der Waals surface area contributed by atoms with Crippen molar-refractivity contribution < 1.29 is 14.0 Å². The van der Waals surface area contributed by atoms with Gasteiger partial charge in [0.25, 0.3) is 5.91 Å². The number of rotatable bonds is 4. The van der Waals surface area contributed by atoms with Crippen molar-refractivity contribution in [2.75, 3.05) is 12.4 Å². The summed E-state index contributed by atoms with van der Waals surface area (Å²) in [4.78, 5) is 23.2. The molecule has 2 amide bonds. The van der Waals surface area contributed by atoms with E-state index in [2.05, 4.69) is 10.6 Å². The highest BCUT2D eigenvalue weighted by Crippen LogP contribution is 2.12. The van der Waals surface area contributed by atoms with E-state index in [4.69, 9.17) is 0 Å². The van der Waals surface area contributed by atoms with Gasteiger partial charge in [0.2, 0.25) is 5.91 Å². The van der Waals surface area contributed by atoms with Gasteiger partial charge < -0.3 is 10.6 Å². The fourth-order valence-corrected chi connectivity index (χ4v) is 1.78. The highest BCUT2D eigenvalue weighted by atomic mass is 19.1. The number of carbonyl (C=O) groups excluding carboxylic acids is 2. The molecule has 2 aromatic carbocycles. The Labute approximate surface area is 122 Å². The molecule has 2 aromatic rings. The van der Waals surface area contributed by atoms with E-state index in [9.17, 15) is 14.0 Å². The minimum atomic E-state index is -0.384. The van der Waals surface area contributed by atoms with Crippen LogP contribution in [0.25, 0.3) is 0 Å². The van der Waals surface area contributed by atoms with Crippen LogP contribution in [-0.2, 0) is 11.2 Å². The van der Waals surface area contributed by atoms with Gasteiger partial charge in [-0.2, -0.15) is 0 Å². The van der Waals surface area contributed by atoms with Crippen LogP contribution < -0.4 is 10.6 Å². The molecule has 2 N–H and O–H groups in total. The highest BCUT2D eigenvalue weighted by Gasteiger charge is 2.06. The van der Waals surface area contributed by atoms with Crippen LogP contribution in [0, 0.1) is 5.82 Å². The summed E-state index contributed by atoms with van der Waals surface area (Å²) in [6.45, 7) is 0. The van der Waals surface area contributed by atoms with Gasteiger partial charge in [-0.3, -0.25) is 9.59 Å². The summed E-state index contributed by atoms with van der Waals surface area (Å²) in [6.07, 6.45) is 0.294.